The predicted octanol–water partition coefficient (Wildman–Crippen LogP) is 2.39. The average Bonchev–Trinajstić information content (AvgIpc) is 2.45. The highest BCUT2D eigenvalue weighted by molar-refractivity contribution is 5.90. The van der Waals surface area contributed by atoms with Gasteiger partial charge in [-0.3, -0.25) is 10.0 Å². The fourth-order valence-corrected chi connectivity index (χ4v) is 1.45. The van der Waals surface area contributed by atoms with Gasteiger partial charge in [0.15, 0.2) is 11.5 Å². The summed E-state index contributed by atoms with van der Waals surface area (Å²) in [5.74, 6) is 0.714. The summed E-state index contributed by atoms with van der Waals surface area (Å²) in [6.07, 6.45) is 4.84. The normalized spacial score (nSPS) is 10.5. The minimum Gasteiger partial charge on any atom is -0.493 e. The highest BCUT2D eigenvalue weighted by Gasteiger charge is 2.04. The third kappa shape index (κ3) is 5.01. The van der Waals surface area contributed by atoms with Crippen LogP contribution >= 0.6 is 0 Å². The second-order valence-corrected chi connectivity index (χ2v) is 3.92. The van der Waals surface area contributed by atoms with Crippen LogP contribution in [0.3, 0.4) is 0 Å². The fourth-order valence-electron chi connectivity index (χ4n) is 1.45. The number of ether oxygens (including phenoxy) is 2. The van der Waals surface area contributed by atoms with E-state index in [1.807, 2.05) is 0 Å². The van der Waals surface area contributed by atoms with Gasteiger partial charge in [0.2, 0.25) is 0 Å². The van der Waals surface area contributed by atoms with Crippen molar-refractivity contribution in [1.82, 2.24) is 5.48 Å². The first-order chi connectivity index (χ1) is 9.21. The van der Waals surface area contributed by atoms with Crippen LogP contribution in [0.15, 0.2) is 24.3 Å². The van der Waals surface area contributed by atoms with E-state index >= 15 is 0 Å². The Kier molecular flexibility index (Phi) is 6.46. The van der Waals surface area contributed by atoms with Crippen LogP contribution in [-0.4, -0.2) is 24.8 Å². The van der Waals surface area contributed by atoms with Crippen LogP contribution in [0.2, 0.25) is 0 Å². The Labute approximate surface area is 112 Å². The van der Waals surface area contributed by atoms with Gasteiger partial charge in [0.25, 0.3) is 5.91 Å². The van der Waals surface area contributed by atoms with E-state index in [1.165, 1.54) is 11.6 Å². The Balaban J connectivity index is 2.82. The second kappa shape index (κ2) is 8.16. The zero-order valence-corrected chi connectivity index (χ0v) is 11.2. The summed E-state index contributed by atoms with van der Waals surface area (Å²) in [6.45, 7) is 2.71. The Bertz CT molecular complexity index is 443. The summed E-state index contributed by atoms with van der Waals surface area (Å²) in [7, 11) is 1.58. The van der Waals surface area contributed by atoms with E-state index in [-0.39, 0.29) is 0 Å². The molecule has 0 radical (unpaired) electrons. The third-order valence-corrected chi connectivity index (χ3v) is 2.48. The highest BCUT2D eigenvalue weighted by Crippen LogP contribution is 2.28. The van der Waals surface area contributed by atoms with Crippen LogP contribution < -0.4 is 15.0 Å². The number of hydroxylamine groups is 1. The highest BCUT2D eigenvalue weighted by atomic mass is 16.5. The molecule has 104 valence electrons. The predicted molar refractivity (Wildman–Crippen MR) is 72.4 cm³/mol. The molecule has 0 bridgehead atoms. The van der Waals surface area contributed by atoms with Crippen molar-refractivity contribution in [3.05, 3.63) is 29.8 Å². The minimum absolute atomic E-state index is 0.579. The summed E-state index contributed by atoms with van der Waals surface area (Å²) in [6, 6.07) is 5.36. The van der Waals surface area contributed by atoms with Gasteiger partial charge in [-0.05, 0) is 30.2 Å². The topological polar surface area (TPSA) is 67.8 Å². The Morgan fingerprint density at radius 3 is 2.84 bits per heavy atom. The number of benzene rings is 1. The van der Waals surface area contributed by atoms with Crippen molar-refractivity contribution in [2.24, 2.45) is 0 Å². The third-order valence-electron chi connectivity index (χ3n) is 2.48. The van der Waals surface area contributed by atoms with Crippen molar-refractivity contribution in [3.8, 4) is 11.5 Å². The molecular formula is C14H19NO4. The second-order valence-electron chi connectivity index (χ2n) is 3.92. The number of hydrogen-bond donors (Lipinski definition) is 2. The molecule has 5 heteroatoms. The summed E-state index contributed by atoms with van der Waals surface area (Å²) < 4.78 is 10.8. The number of methoxy groups -OCH3 is 1. The summed E-state index contributed by atoms with van der Waals surface area (Å²) >= 11 is 0. The number of carbonyl (C=O) groups excluding carboxylic acids is 1. The maximum absolute atomic E-state index is 10.9. The molecular weight excluding hydrogens is 246 g/mol. The lowest BCUT2D eigenvalue weighted by Crippen LogP contribution is -2.14. The lowest BCUT2D eigenvalue weighted by atomic mass is 10.2. The first-order valence-corrected chi connectivity index (χ1v) is 6.14. The lowest BCUT2D eigenvalue weighted by Gasteiger charge is -2.11. The Morgan fingerprint density at radius 1 is 1.42 bits per heavy atom. The molecule has 2 N–H and O–H groups in total. The Morgan fingerprint density at radius 2 is 2.21 bits per heavy atom. The van der Waals surface area contributed by atoms with Crippen LogP contribution in [0.5, 0.6) is 11.5 Å². The molecule has 0 aliphatic carbocycles. The number of unbranched alkanes of at least 4 members (excludes halogenated alkanes) is 1. The molecule has 1 rings (SSSR count). The molecule has 0 unspecified atom stereocenters. The van der Waals surface area contributed by atoms with Gasteiger partial charge in [-0.15, -0.1) is 0 Å². The van der Waals surface area contributed by atoms with Crippen LogP contribution in [0.1, 0.15) is 25.3 Å². The van der Waals surface area contributed by atoms with Gasteiger partial charge in [-0.1, -0.05) is 19.4 Å². The van der Waals surface area contributed by atoms with Crippen LogP contribution in [0.25, 0.3) is 6.08 Å². The van der Waals surface area contributed by atoms with Gasteiger partial charge >= 0.3 is 0 Å². The molecule has 0 aliphatic heterocycles. The standard InChI is InChI=1S/C14H19NO4/c1-3-4-9-19-13-10-11(5-7-12(13)18-2)6-8-14(16)15-17/h5-8,10,17H,3-4,9H2,1-2H3,(H,15,16). The van der Waals surface area contributed by atoms with Gasteiger partial charge in [0, 0.05) is 6.08 Å². The molecule has 0 atom stereocenters. The summed E-state index contributed by atoms with van der Waals surface area (Å²) in [4.78, 5) is 10.9. The molecule has 1 amide bonds. The largest absolute Gasteiger partial charge is 0.493 e. The monoisotopic (exact) mass is 265 g/mol. The number of nitrogens with one attached hydrogen (secondary N) is 1. The molecule has 0 aliphatic rings. The number of carbonyl (C=O) groups is 1. The van der Waals surface area contributed by atoms with Gasteiger partial charge in [-0.25, -0.2) is 5.48 Å². The van der Waals surface area contributed by atoms with E-state index in [9.17, 15) is 4.79 Å². The zero-order valence-electron chi connectivity index (χ0n) is 11.2. The zero-order chi connectivity index (χ0) is 14.1. The van der Waals surface area contributed by atoms with Crippen LogP contribution in [0.4, 0.5) is 0 Å². The lowest BCUT2D eigenvalue weighted by molar-refractivity contribution is -0.124. The van der Waals surface area contributed by atoms with E-state index in [2.05, 4.69) is 6.92 Å². The van der Waals surface area contributed by atoms with Crippen molar-refractivity contribution in [3.63, 3.8) is 0 Å². The van der Waals surface area contributed by atoms with E-state index in [0.29, 0.717) is 18.1 Å². The molecule has 0 heterocycles. The smallest absolute Gasteiger partial charge is 0.267 e. The molecule has 5 nitrogen and oxygen atoms in total. The molecule has 0 saturated carbocycles. The van der Waals surface area contributed by atoms with E-state index in [0.717, 1.165) is 18.4 Å². The van der Waals surface area contributed by atoms with Crippen molar-refractivity contribution >= 4 is 12.0 Å². The van der Waals surface area contributed by atoms with E-state index in [4.69, 9.17) is 14.7 Å². The number of amides is 1. The molecule has 1 aromatic rings. The van der Waals surface area contributed by atoms with Gasteiger partial charge in [0.1, 0.15) is 0 Å². The van der Waals surface area contributed by atoms with Crippen molar-refractivity contribution in [1.29, 1.82) is 0 Å². The molecule has 0 fully saturated rings. The maximum Gasteiger partial charge on any atom is 0.267 e. The maximum atomic E-state index is 10.9. The minimum atomic E-state index is -0.579. The first kappa shape index (κ1) is 15.0. The van der Waals surface area contributed by atoms with Gasteiger partial charge < -0.3 is 9.47 Å². The molecule has 1 aromatic carbocycles. The molecule has 0 spiro atoms. The van der Waals surface area contributed by atoms with Gasteiger partial charge in [-0.2, -0.15) is 0 Å². The first-order valence-electron chi connectivity index (χ1n) is 6.14. The van der Waals surface area contributed by atoms with Crippen molar-refractivity contribution in [2.45, 2.75) is 19.8 Å². The summed E-state index contributed by atoms with van der Waals surface area (Å²) in [5, 5.41) is 8.40. The SMILES string of the molecule is CCCCOc1cc(C=CC(=O)NO)ccc1OC. The van der Waals surface area contributed by atoms with E-state index in [1.54, 1.807) is 31.4 Å². The van der Waals surface area contributed by atoms with Gasteiger partial charge in [0.05, 0.1) is 13.7 Å². The van der Waals surface area contributed by atoms with Crippen molar-refractivity contribution in [2.75, 3.05) is 13.7 Å². The molecule has 0 aromatic heterocycles. The Hall–Kier alpha value is -2.01. The van der Waals surface area contributed by atoms with Crippen molar-refractivity contribution < 1.29 is 19.5 Å². The fraction of sp³-hybridized carbons (Fsp3) is 0.357. The quantitative estimate of drug-likeness (QED) is 0.344. The number of hydrogen-bond acceptors (Lipinski definition) is 4. The van der Waals surface area contributed by atoms with E-state index < -0.39 is 5.91 Å². The summed E-state index contributed by atoms with van der Waals surface area (Å²) in [5.41, 5.74) is 2.32. The number of rotatable bonds is 7. The molecule has 0 saturated heterocycles. The molecule has 19 heavy (non-hydrogen) atoms. The average molecular weight is 265 g/mol. The van der Waals surface area contributed by atoms with Crippen LogP contribution in [0, 0.1) is 0 Å². The van der Waals surface area contributed by atoms with Crippen LogP contribution in [-0.2, 0) is 4.79 Å².